The Morgan fingerprint density at radius 1 is 0.852 bits per heavy atom. The molecule has 132 valence electrons. The minimum absolute atomic E-state index is 0.623. The molecule has 5 heteroatoms. The van der Waals surface area contributed by atoms with Crippen LogP contribution in [0.3, 0.4) is 0 Å². The highest BCUT2D eigenvalue weighted by atomic mass is 35.5. The van der Waals surface area contributed by atoms with E-state index in [1.165, 1.54) is 0 Å². The van der Waals surface area contributed by atoms with Gasteiger partial charge in [-0.3, -0.25) is 5.43 Å². The van der Waals surface area contributed by atoms with Crippen LogP contribution >= 0.6 is 11.6 Å². The van der Waals surface area contributed by atoms with Gasteiger partial charge in [0.1, 0.15) is 5.69 Å². The van der Waals surface area contributed by atoms with Crippen LogP contribution in [0, 0.1) is 0 Å². The molecule has 0 saturated heterocycles. The van der Waals surface area contributed by atoms with E-state index in [4.69, 9.17) is 16.7 Å². The predicted octanol–water partition coefficient (Wildman–Crippen LogP) is 5.64. The van der Waals surface area contributed by atoms with Gasteiger partial charge in [0.25, 0.3) is 0 Å². The van der Waals surface area contributed by atoms with Crippen molar-refractivity contribution in [1.82, 2.24) is 9.78 Å². The van der Waals surface area contributed by atoms with Crippen LogP contribution in [-0.4, -0.2) is 16.0 Å². The van der Waals surface area contributed by atoms with Crippen LogP contribution in [0.2, 0.25) is 5.02 Å². The van der Waals surface area contributed by atoms with Gasteiger partial charge in [0.05, 0.1) is 22.6 Å². The average molecular weight is 373 g/mol. The van der Waals surface area contributed by atoms with Crippen LogP contribution in [0.5, 0.6) is 0 Å². The van der Waals surface area contributed by atoms with Crippen molar-refractivity contribution >= 4 is 23.5 Å². The first-order valence-corrected chi connectivity index (χ1v) is 8.93. The van der Waals surface area contributed by atoms with Gasteiger partial charge < -0.3 is 0 Å². The van der Waals surface area contributed by atoms with Crippen molar-refractivity contribution in [2.75, 3.05) is 5.43 Å². The molecule has 0 radical (unpaired) electrons. The number of aromatic nitrogens is 2. The third-order valence-corrected chi connectivity index (χ3v) is 4.40. The maximum Gasteiger partial charge on any atom is 0.102 e. The molecule has 0 aliphatic carbocycles. The normalized spacial score (nSPS) is 11.0. The lowest BCUT2D eigenvalue weighted by Gasteiger charge is -2.02. The Bertz CT molecular complexity index is 1060. The number of benzene rings is 3. The molecular formula is C22H17ClN4. The van der Waals surface area contributed by atoms with Crippen LogP contribution in [0.4, 0.5) is 5.69 Å². The average Bonchev–Trinajstić information content (AvgIpc) is 3.15. The van der Waals surface area contributed by atoms with Crippen molar-refractivity contribution in [3.05, 3.63) is 102 Å². The Morgan fingerprint density at radius 2 is 1.52 bits per heavy atom. The molecular weight excluding hydrogens is 356 g/mol. The monoisotopic (exact) mass is 372 g/mol. The number of anilines is 1. The van der Waals surface area contributed by atoms with E-state index in [-0.39, 0.29) is 0 Å². The summed E-state index contributed by atoms with van der Waals surface area (Å²) >= 11 is 6.16. The van der Waals surface area contributed by atoms with Gasteiger partial charge in [-0.2, -0.15) is 10.2 Å². The molecule has 1 heterocycles. The largest absolute Gasteiger partial charge is 0.277 e. The number of hydrogen-bond acceptors (Lipinski definition) is 3. The minimum Gasteiger partial charge on any atom is -0.277 e. The third-order valence-electron chi connectivity index (χ3n) is 4.07. The Kier molecular flexibility index (Phi) is 4.99. The minimum atomic E-state index is 0.623. The van der Waals surface area contributed by atoms with Gasteiger partial charge >= 0.3 is 0 Å². The van der Waals surface area contributed by atoms with Gasteiger partial charge in [-0.25, -0.2) is 4.68 Å². The molecule has 4 nitrogen and oxygen atoms in total. The number of nitrogens with zero attached hydrogens (tertiary/aromatic N) is 3. The SMILES string of the molecule is Clc1ccccc1N/N=C\c1cn(-c2ccccc2)nc1-c1ccccc1. The highest BCUT2D eigenvalue weighted by Crippen LogP contribution is 2.23. The quantitative estimate of drug-likeness (QED) is 0.364. The standard InChI is InChI=1S/C22H17ClN4/c23-20-13-7-8-14-21(20)25-24-15-18-16-27(19-11-5-2-6-12-19)26-22(18)17-9-3-1-4-10-17/h1-16,25H/b24-15-. The van der Waals surface area contributed by atoms with Crippen LogP contribution < -0.4 is 5.43 Å². The van der Waals surface area contributed by atoms with Crippen molar-refractivity contribution in [3.8, 4) is 16.9 Å². The fourth-order valence-electron chi connectivity index (χ4n) is 2.74. The molecule has 3 aromatic carbocycles. The summed E-state index contributed by atoms with van der Waals surface area (Å²) in [5.74, 6) is 0. The number of nitrogens with one attached hydrogen (secondary N) is 1. The summed E-state index contributed by atoms with van der Waals surface area (Å²) < 4.78 is 1.86. The predicted molar refractivity (Wildman–Crippen MR) is 112 cm³/mol. The van der Waals surface area contributed by atoms with Crippen LogP contribution in [0.25, 0.3) is 16.9 Å². The maximum absolute atomic E-state index is 6.16. The number of hydrogen-bond donors (Lipinski definition) is 1. The molecule has 0 spiro atoms. The molecule has 27 heavy (non-hydrogen) atoms. The zero-order chi connectivity index (χ0) is 18.5. The molecule has 4 rings (SSSR count). The topological polar surface area (TPSA) is 42.2 Å². The highest BCUT2D eigenvalue weighted by molar-refractivity contribution is 6.33. The fourth-order valence-corrected chi connectivity index (χ4v) is 2.92. The first-order valence-electron chi connectivity index (χ1n) is 8.55. The Hall–Kier alpha value is -3.37. The fraction of sp³-hybridized carbons (Fsp3) is 0. The summed E-state index contributed by atoms with van der Waals surface area (Å²) in [6.07, 6.45) is 3.73. The Morgan fingerprint density at radius 3 is 2.26 bits per heavy atom. The van der Waals surface area contributed by atoms with Gasteiger partial charge in [0, 0.05) is 17.3 Å². The van der Waals surface area contributed by atoms with Gasteiger partial charge in [-0.15, -0.1) is 0 Å². The summed E-state index contributed by atoms with van der Waals surface area (Å²) in [7, 11) is 0. The molecule has 0 aliphatic rings. The van der Waals surface area contributed by atoms with E-state index in [1.807, 2.05) is 95.8 Å². The van der Waals surface area contributed by atoms with Crippen molar-refractivity contribution in [2.45, 2.75) is 0 Å². The summed E-state index contributed by atoms with van der Waals surface area (Å²) in [5, 5.41) is 9.74. The first kappa shape index (κ1) is 17.1. The van der Waals surface area contributed by atoms with Gasteiger partial charge in [0.15, 0.2) is 0 Å². The lowest BCUT2D eigenvalue weighted by molar-refractivity contribution is 0.884. The van der Waals surface area contributed by atoms with E-state index in [1.54, 1.807) is 6.21 Å². The second kappa shape index (κ2) is 7.89. The van der Waals surface area contributed by atoms with Gasteiger partial charge in [0.2, 0.25) is 0 Å². The molecule has 0 unspecified atom stereocenters. The van der Waals surface area contributed by atoms with Crippen molar-refractivity contribution in [1.29, 1.82) is 0 Å². The van der Waals surface area contributed by atoms with Gasteiger partial charge in [-0.1, -0.05) is 72.3 Å². The zero-order valence-electron chi connectivity index (χ0n) is 14.5. The summed E-state index contributed by atoms with van der Waals surface area (Å²) in [4.78, 5) is 0. The molecule has 0 fully saturated rings. The smallest absolute Gasteiger partial charge is 0.102 e. The molecule has 0 aliphatic heterocycles. The Balaban J connectivity index is 1.69. The van der Waals surface area contributed by atoms with E-state index >= 15 is 0 Å². The van der Waals surface area contributed by atoms with E-state index < -0.39 is 0 Å². The van der Waals surface area contributed by atoms with E-state index in [0.717, 1.165) is 28.2 Å². The molecule has 1 N–H and O–H groups in total. The van der Waals surface area contributed by atoms with Crippen LogP contribution in [0.1, 0.15) is 5.56 Å². The number of rotatable bonds is 5. The zero-order valence-corrected chi connectivity index (χ0v) is 15.2. The van der Waals surface area contributed by atoms with Crippen LogP contribution in [0.15, 0.2) is 96.2 Å². The molecule has 4 aromatic rings. The van der Waals surface area contributed by atoms with E-state index in [2.05, 4.69) is 10.5 Å². The van der Waals surface area contributed by atoms with Crippen molar-refractivity contribution in [3.63, 3.8) is 0 Å². The highest BCUT2D eigenvalue weighted by Gasteiger charge is 2.10. The first-order chi connectivity index (χ1) is 13.3. The van der Waals surface area contributed by atoms with E-state index in [0.29, 0.717) is 5.02 Å². The van der Waals surface area contributed by atoms with E-state index in [9.17, 15) is 0 Å². The Labute approximate surface area is 162 Å². The second-order valence-electron chi connectivity index (χ2n) is 5.93. The number of halogens is 1. The lowest BCUT2D eigenvalue weighted by Crippen LogP contribution is -1.93. The number of para-hydroxylation sites is 2. The van der Waals surface area contributed by atoms with Gasteiger partial charge in [-0.05, 0) is 24.3 Å². The molecule has 0 saturated carbocycles. The molecule has 0 bridgehead atoms. The molecule has 0 atom stereocenters. The summed E-state index contributed by atoms with van der Waals surface area (Å²) in [6, 6.07) is 27.6. The van der Waals surface area contributed by atoms with Crippen LogP contribution in [-0.2, 0) is 0 Å². The molecule has 1 aromatic heterocycles. The third kappa shape index (κ3) is 3.91. The second-order valence-corrected chi connectivity index (χ2v) is 6.34. The summed E-state index contributed by atoms with van der Waals surface area (Å²) in [6.45, 7) is 0. The molecule has 0 amide bonds. The summed E-state index contributed by atoms with van der Waals surface area (Å²) in [5.41, 5.74) is 7.55. The van der Waals surface area contributed by atoms with Crippen molar-refractivity contribution < 1.29 is 0 Å². The number of hydrazone groups is 1. The van der Waals surface area contributed by atoms with Crippen molar-refractivity contribution in [2.24, 2.45) is 5.10 Å². The lowest BCUT2D eigenvalue weighted by atomic mass is 10.1. The maximum atomic E-state index is 6.16.